The Labute approximate surface area is 169 Å². The summed E-state index contributed by atoms with van der Waals surface area (Å²) in [4.78, 5) is 29.2. The van der Waals surface area contributed by atoms with Crippen LogP contribution in [-0.4, -0.2) is 73.3 Å². The van der Waals surface area contributed by atoms with E-state index < -0.39 is 0 Å². The van der Waals surface area contributed by atoms with Crippen LogP contribution in [0, 0.1) is 6.92 Å². The molecule has 2 aliphatic heterocycles. The van der Waals surface area contributed by atoms with E-state index in [0.717, 1.165) is 61.7 Å². The zero-order chi connectivity index (χ0) is 19.3. The summed E-state index contributed by atoms with van der Waals surface area (Å²) in [5.74, 6) is 1.78. The fourth-order valence-corrected chi connectivity index (χ4v) is 4.02. The lowest BCUT2D eigenvalue weighted by Gasteiger charge is -2.35. The monoisotopic (exact) mass is 399 g/mol. The Kier molecular flexibility index (Phi) is 5.87. The second-order valence-electron chi connectivity index (χ2n) is 6.93. The first kappa shape index (κ1) is 18.9. The Morgan fingerprint density at radius 1 is 1.11 bits per heavy atom. The molecule has 4 rings (SSSR count). The van der Waals surface area contributed by atoms with Crippen molar-refractivity contribution in [2.45, 2.75) is 6.92 Å². The van der Waals surface area contributed by atoms with Gasteiger partial charge in [0.05, 0.1) is 13.2 Å². The van der Waals surface area contributed by atoms with Gasteiger partial charge in [0.15, 0.2) is 0 Å². The SMILES string of the molecule is Cc1cc(N2CCOCC2)nc(N2CCN(C(=O)/C=C/c3cccs3)CC2)n1. The minimum absolute atomic E-state index is 0.0622. The number of hydrogen-bond donors (Lipinski definition) is 0. The van der Waals surface area contributed by atoms with E-state index in [9.17, 15) is 4.79 Å². The number of morpholine rings is 1. The van der Waals surface area contributed by atoms with Gasteiger partial charge in [-0.15, -0.1) is 11.3 Å². The number of amides is 1. The van der Waals surface area contributed by atoms with Gasteiger partial charge in [0.25, 0.3) is 0 Å². The summed E-state index contributed by atoms with van der Waals surface area (Å²) in [5, 5.41) is 2.01. The van der Waals surface area contributed by atoms with Crippen LogP contribution in [0.25, 0.3) is 6.08 Å². The molecule has 0 atom stereocenters. The number of aryl methyl sites for hydroxylation is 1. The highest BCUT2D eigenvalue weighted by atomic mass is 32.1. The Bertz CT molecular complexity index is 825. The van der Waals surface area contributed by atoms with Crippen molar-refractivity contribution in [2.75, 3.05) is 62.3 Å². The first-order chi connectivity index (χ1) is 13.7. The van der Waals surface area contributed by atoms with Gasteiger partial charge in [-0.2, -0.15) is 4.98 Å². The fourth-order valence-electron chi connectivity index (χ4n) is 3.40. The number of ether oxygens (including phenoxy) is 1. The summed E-state index contributed by atoms with van der Waals surface area (Å²) in [6.07, 6.45) is 3.55. The predicted octanol–water partition coefficient (Wildman–Crippen LogP) is 2.05. The minimum Gasteiger partial charge on any atom is -0.378 e. The zero-order valence-corrected chi connectivity index (χ0v) is 16.9. The van der Waals surface area contributed by atoms with Gasteiger partial charge in [-0.1, -0.05) is 6.07 Å². The zero-order valence-electron chi connectivity index (χ0n) is 16.1. The molecule has 2 aromatic heterocycles. The van der Waals surface area contributed by atoms with Crippen LogP contribution in [0.4, 0.5) is 11.8 Å². The van der Waals surface area contributed by atoms with Gasteiger partial charge in [-0.25, -0.2) is 4.98 Å². The average molecular weight is 400 g/mol. The van der Waals surface area contributed by atoms with Gasteiger partial charge in [0.2, 0.25) is 11.9 Å². The molecule has 2 aliphatic rings. The molecule has 0 unspecified atom stereocenters. The molecular weight excluding hydrogens is 374 g/mol. The molecule has 0 spiro atoms. The fraction of sp³-hybridized carbons (Fsp3) is 0.450. The van der Waals surface area contributed by atoms with E-state index >= 15 is 0 Å². The molecule has 0 radical (unpaired) electrons. The summed E-state index contributed by atoms with van der Waals surface area (Å²) in [5.41, 5.74) is 0.962. The van der Waals surface area contributed by atoms with Crippen molar-refractivity contribution in [1.29, 1.82) is 0 Å². The van der Waals surface area contributed by atoms with Crippen molar-refractivity contribution in [2.24, 2.45) is 0 Å². The van der Waals surface area contributed by atoms with Crippen molar-refractivity contribution in [3.63, 3.8) is 0 Å². The van der Waals surface area contributed by atoms with Crippen molar-refractivity contribution in [3.8, 4) is 0 Å². The van der Waals surface area contributed by atoms with Crippen LogP contribution in [-0.2, 0) is 9.53 Å². The average Bonchev–Trinajstić information content (AvgIpc) is 3.26. The van der Waals surface area contributed by atoms with Gasteiger partial charge in [0.1, 0.15) is 5.82 Å². The normalized spacial score (nSPS) is 18.1. The second-order valence-corrected chi connectivity index (χ2v) is 7.91. The Balaban J connectivity index is 1.38. The molecule has 0 N–H and O–H groups in total. The molecule has 7 nitrogen and oxygen atoms in total. The number of anilines is 2. The number of nitrogens with zero attached hydrogens (tertiary/aromatic N) is 5. The Morgan fingerprint density at radius 3 is 2.61 bits per heavy atom. The maximum atomic E-state index is 12.4. The van der Waals surface area contributed by atoms with Crippen molar-refractivity contribution < 1.29 is 9.53 Å². The summed E-state index contributed by atoms with van der Waals surface area (Å²) in [6.45, 7) is 8.02. The number of hydrogen-bond acceptors (Lipinski definition) is 7. The molecule has 0 saturated carbocycles. The van der Waals surface area contributed by atoms with E-state index in [1.165, 1.54) is 0 Å². The largest absolute Gasteiger partial charge is 0.378 e. The molecule has 2 aromatic rings. The lowest BCUT2D eigenvalue weighted by Crippen LogP contribution is -2.49. The predicted molar refractivity (Wildman–Crippen MR) is 112 cm³/mol. The molecule has 0 aliphatic carbocycles. The van der Waals surface area contributed by atoms with E-state index in [2.05, 4.69) is 14.8 Å². The van der Waals surface area contributed by atoms with E-state index in [0.29, 0.717) is 13.1 Å². The molecule has 2 saturated heterocycles. The van der Waals surface area contributed by atoms with Gasteiger partial charge in [0, 0.05) is 62.0 Å². The van der Waals surface area contributed by atoms with Gasteiger partial charge < -0.3 is 19.4 Å². The molecule has 0 aromatic carbocycles. The highest BCUT2D eigenvalue weighted by molar-refractivity contribution is 7.10. The number of thiophene rings is 1. The first-order valence-corrected chi connectivity index (χ1v) is 10.5. The minimum atomic E-state index is 0.0622. The molecule has 8 heteroatoms. The standard InChI is InChI=1S/C20H25N5O2S/c1-16-15-18(23-10-12-27-13-11-23)22-20(21-16)25-8-6-24(7-9-25)19(26)5-4-17-3-2-14-28-17/h2-5,14-15H,6-13H2,1H3/b5-4+. The van der Waals surface area contributed by atoms with Gasteiger partial charge in [-0.3, -0.25) is 4.79 Å². The Hall–Kier alpha value is -2.45. The topological polar surface area (TPSA) is 61.8 Å². The van der Waals surface area contributed by atoms with Crippen LogP contribution in [0.2, 0.25) is 0 Å². The van der Waals surface area contributed by atoms with Crippen molar-refractivity contribution in [3.05, 3.63) is 40.2 Å². The molecular formula is C20H25N5O2S. The summed E-state index contributed by atoms with van der Waals surface area (Å²) in [6, 6.07) is 6.03. The number of carbonyl (C=O) groups excluding carboxylic acids is 1. The van der Waals surface area contributed by atoms with Crippen molar-refractivity contribution in [1.82, 2.24) is 14.9 Å². The maximum Gasteiger partial charge on any atom is 0.246 e. The molecule has 28 heavy (non-hydrogen) atoms. The van der Waals surface area contributed by atoms with E-state index in [1.807, 2.05) is 41.5 Å². The van der Waals surface area contributed by atoms with Gasteiger partial charge >= 0.3 is 0 Å². The van der Waals surface area contributed by atoms with Crippen LogP contribution in [0.1, 0.15) is 10.6 Å². The molecule has 2 fully saturated rings. The number of piperazine rings is 1. The highest BCUT2D eigenvalue weighted by Gasteiger charge is 2.23. The smallest absolute Gasteiger partial charge is 0.246 e. The highest BCUT2D eigenvalue weighted by Crippen LogP contribution is 2.20. The summed E-state index contributed by atoms with van der Waals surface area (Å²) < 4.78 is 5.44. The molecule has 4 heterocycles. The third kappa shape index (κ3) is 4.51. The van der Waals surface area contributed by atoms with E-state index in [1.54, 1.807) is 17.4 Å². The summed E-state index contributed by atoms with van der Waals surface area (Å²) >= 11 is 1.63. The van der Waals surface area contributed by atoms with Crippen LogP contribution in [0.3, 0.4) is 0 Å². The molecule has 0 bridgehead atoms. The lowest BCUT2D eigenvalue weighted by atomic mass is 10.3. The van der Waals surface area contributed by atoms with Gasteiger partial charge in [-0.05, 0) is 24.4 Å². The third-order valence-corrected chi connectivity index (χ3v) is 5.81. The van der Waals surface area contributed by atoms with E-state index in [-0.39, 0.29) is 5.91 Å². The first-order valence-electron chi connectivity index (χ1n) is 9.63. The number of aromatic nitrogens is 2. The summed E-state index contributed by atoms with van der Waals surface area (Å²) in [7, 11) is 0. The van der Waals surface area contributed by atoms with Crippen LogP contribution in [0.5, 0.6) is 0 Å². The number of carbonyl (C=O) groups is 1. The van der Waals surface area contributed by atoms with Crippen LogP contribution >= 0.6 is 11.3 Å². The number of rotatable bonds is 4. The van der Waals surface area contributed by atoms with Crippen LogP contribution < -0.4 is 9.80 Å². The third-order valence-electron chi connectivity index (χ3n) is 4.97. The quantitative estimate of drug-likeness (QED) is 0.734. The second kappa shape index (κ2) is 8.70. The maximum absolute atomic E-state index is 12.4. The van der Waals surface area contributed by atoms with Crippen LogP contribution in [0.15, 0.2) is 29.7 Å². The Morgan fingerprint density at radius 2 is 1.89 bits per heavy atom. The molecule has 1 amide bonds. The van der Waals surface area contributed by atoms with Crippen molar-refractivity contribution >= 4 is 35.1 Å². The van der Waals surface area contributed by atoms with E-state index in [4.69, 9.17) is 9.72 Å². The lowest BCUT2D eigenvalue weighted by molar-refractivity contribution is -0.126. The molecule has 148 valence electrons.